The number of hydrogen-bond acceptors (Lipinski definition) is 2. The largest absolute Gasteiger partial charge is 0.354 e. The molecular formula is C13H22N4O+2. The summed E-state index contributed by atoms with van der Waals surface area (Å²) < 4.78 is 0. The highest BCUT2D eigenvalue weighted by molar-refractivity contribution is 5.79. The quantitative estimate of drug-likeness (QED) is 0.675. The monoisotopic (exact) mass is 250 g/mol. The van der Waals surface area contributed by atoms with Crippen LogP contribution in [0.4, 0.5) is 5.82 Å². The molecule has 0 bridgehead atoms. The van der Waals surface area contributed by atoms with Crippen molar-refractivity contribution in [2.45, 2.75) is 13.0 Å². The van der Waals surface area contributed by atoms with Crippen molar-refractivity contribution in [1.82, 2.24) is 5.32 Å². The number of H-pyrrole nitrogens is 1. The number of carbonyl (C=O) groups is 1. The maximum absolute atomic E-state index is 11.6. The molecule has 5 nitrogen and oxygen atoms in total. The number of nitrogens with zero attached hydrogens (tertiary/aromatic N) is 1. The summed E-state index contributed by atoms with van der Waals surface area (Å²) in [4.78, 5) is 18.6. The van der Waals surface area contributed by atoms with Crippen molar-refractivity contribution in [1.29, 1.82) is 0 Å². The van der Waals surface area contributed by atoms with Gasteiger partial charge in [-0.3, -0.25) is 9.69 Å². The molecule has 2 rings (SSSR count). The van der Waals surface area contributed by atoms with Crippen LogP contribution in [0, 0.1) is 0 Å². The van der Waals surface area contributed by atoms with Crippen molar-refractivity contribution in [2.75, 3.05) is 38.1 Å². The van der Waals surface area contributed by atoms with E-state index >= 15 is 0 Å². The summed E-state index contributed by atoms with van der Waals surface area (Å²) in [5.74, 6) is 1.29. The molecule has 1 amide bonds. The van der Waals surface area contributed by atoms with E-state index in [-0.39, 0.29) is 11.9 Å². The Balaban J connectivity index is 1.90. The molecule has 1 aliphatic heterocycles. The third-order valence-electron chi connectivity index (χ3n) is 3.69. The van der Waals surface area contributed by atoms with Crippen molar-refractivity contribution in [3.05, 3.63) is 24.4 Å². The van der Waals surface area contributed by atoms with E-state index in [1.165, 1.54) is 4.90 Å². The molecule has 1 aromatic rings. The molecule has 1 atom stereocenters. The first-order valence-corrected chi connectivity index (χ1v) is 6.50. The van der Waals surface area contributed by atoms with Crippen LogP contribution in [0.3, 0.4) is 0 Å². The maximum Gasteiger partial charge on any atom is 0.277 e. The van der Waals surface area contributed by atoms with E-state index in [0.29, 0.717) is 0 Å². The predicted molar refractivity (Wildman–Crippen MR) is 69.4 cm³/mol. The van der Waals surface area contributed by atoms with Gasteiger partial charge in [-0.05, 0) is 13.0 Å². The van der Waals surface area contributed by atoms with Gasteiger partial charge in [-0.2, -0.15) is 0 Å². The van der Waals surface area contributed by atoms with Crippen molar-refractivity contribution in [3.63, 3.8) is 0 Å². The van der Waals surface area contributed by atoms with E-state index in [1.807, 2.05) is 25.3 Å². The Bertz CT molecular complexity index is 387. The summed E-state index contributed by atoms with van der Waals surface area (Å²) >= 11 is 0. The van der Waals surface area contributed by atoms with Crippen LogP contribution in [0.25, 0.3) is 0 Å². The molecule has 1 aromatic heterocycles. The Morgan fingerprint density at radius 3 is 2.72 bits per heavy atom. The highest BCUT2D eigenvalue weighted by Gasteiger charge is 2.31. The Morgan fingerprint density at radius 2 is 2.17 bits per heavy atom. The van der Waals surface area contributed by atoms with Crippen LogP contribution in [0.2, 0.25) is 0 Å². The molecule has 1 aliphatic rings. The minimum Gasteiger partial charge on any atom is -0.354 e. The zero-order chi connectivity index (χ0) is 13.0. The number of amides is 1. The predicted octanol–water partition coefficient (Wildman–Crippen LogP) is -1.66. The topological polar surface area (TPSA) is 50.9 Å². The second-order valence-electron chi connectivity index (χ2n) is 4.73. The summed E-state index contributed by atoms with van der Waals surface area (Å²) in [6, 6.07) is 6.15. The molecule has 2 heterocycles. The molecule has 1 fully saturated rings. The van der Waals surface area contributed by atoms with E-state index in [1.54, 1.807) is 7.05 Å². The van der Waals surface area contributed by atoms with Gasteiger partial charge >= 0.3 is 0 Å². The van der Waals surface area contributed by atoms with Gasteiger partial charge in [0.1, 0.15) is 26.2 Å². The molecule has 0 radical (unpaired) electrons. The van der Waals surface area contributed by atoms with Crippen molar-refractivity contribution >= 4 is 11.7 Å². The molecule has 5 heteroatoms. The van der Waals surface area contributed by atoms with E-state index in [0.717, 1.165) is 32.0 Å². The summed E-state index contributed by atoms with van der Waals surface area (Å²) in [6.45, 7) is 5.96. The lowest BCUT2D eigenvalue weighted by Crippen LogP contribution is -3.19. The van der Waals surface area contributed by atoms with Crippen LogP contribution < -0.4 is 20.1 Å². The minimum absolute atomic E-state index is 0.0388. The number of aromatic nitrogens is 1. The molecule has 0 aromatic carbocycles. The molecular weight excluding hydrogens is 228 g/mol. The zero-order valence-electron chi connectivity index (χ0n) is 11.1. The van der Waals surface area contributed by atoms with Crippen LogP contribution >= 0.6 is 0 Å². The highest BCUT2D eigenvalue weighted by Crippen LogP contribution is 2.04. The van der Waals surface area contributed by atoms with Gasteiger partial charge in [0.25, 0.3) is 11.7 Å². The lowest BCUT2D eigenvalue weighted by Gasteiger charge is -2.31. The van der Waals surface area contributed by atoms with Crippen LogP contribution in [0.15, 0.2) is 24.4 Å². The third-order valence-corrected chi connectivity index (χ3v) is 3.69. The normalized spacial score (nSPS) is 18.4. The third kappa shape index (κ3) is 2.79. The number of carbonyl (C=O) groups excluding carboxylic acids is 1. The fraction of sp³-hybridized carbons (Fsp3) is 0.538. The van der Waals surface area contributed by atoms with Gasteiger partial charge in [-0.1, -0.05) is 6.07 Å². The molecule has 0 unspecified atom stereocenters. The van der Waals surface area contributed by atoms with Gasteiger partial charge in [0.05, 0.1) is 6.20 Å². The van der Waals surface area contributed by atoms with E-state index in [4.69, 9.17) is 0 Å². The Hall–Kier alpha value is -1.62. The molecule has 18 heavy (non-hydrogen) atoms. The van der Waals surface area contributed by atoms with E-state index in [9.17, 15) is 4.79 Å². The highest BCUT2D eigenvalue weighted by atomic mass is 16.2. The number of aromatic amines is 1. The summed E-state index contributed by atoms with van der Waals surface area (Å²) in [6.07, 6.45) is 1.95. The second kappa shape index (κ2) is 5.82. The van der Waals surface area contributed by atoms with Crippen LogP contribution in [0.5, 0.6) is 0 Å². The maximum atomic E-state index is 11.6. The number of hydrogen-bond donors (Lipinski definition) is 2. The van der Waals surface area contributed by atoms with Gasteiger partial charge in [-0.15, -0.1) is 0 Å². The number of likely N-dealkylation sites (N-methyl/N-ethyl adjacent to an activating group) is 1. The van der Waals surface area contributed by atoms with E-state index < -0.39 is 0 Å². The van der Waals surface area contributed by atoms with Crippen molar-refractivity contribution in [3.8, 4) is 0 Å². The lowest BCUT2D eigenvalue weighted by molar-refractivity contribution is -0.914. The standard InChI is InChI=1S/C13H20N4O/c1-11(13(18)14-2)16-7-9-17(10-8-16)12-5-3-4-6-15-12/h3-6,11H,7-10H2,1-2H3,(H,14,18)/p+2/t11-/m0/s1. The zero-order valence-corrected chi connectivity index (χ0v) is 11.1. The van der Waals surface area contributed by atoms with Gasteiger partial charge in [0.15, 0.2) is 6.04 Å². The van der Waals surface area contributed by atoms with Gasteiger partial charge < -0.3 is 10.2 Å². The second-order valence-corrected chi connectivity index (χ2v) is 4.73. The molecule has 0 spiro atoms. The van der Waals surface area contributed by atoms with Gasteiger partial charge in [0, 0.05) is 13.1 Å². The fourth-order valence-electron chi connectivity index (χ4n) is 2.45. The Labute approximate surface area is 108 Å². The Morgan fingerprint density at radius 1 is 1.44 bits per heavy atom. The molecule has 0 aliphatic carbocycles. The lowest BCUT2D eigenvalue weighted by atomic mass is 10.2. The van der Waals surface area contributed by atoms with Crippen LogP contribution in [-0.4, -0.2) is 45.2 Å². The SMILES string of the molecule is CNC(=O)[C@H](C)[NH+]1CCN(c2cccc[nH+]2)CC1. The molecule has 0 saturated carbocycles. The average molecular weight is 250 g/mol. The number of piperazine rings is 1. The number of rotatable bonds is 3. The van der Waals surface area contributed by atoms with Crippen LogP contribution in [0.1, 0.15) is 6.92 Å². The average Bonchev–Trinajstić information content (AvgIpc) is 2.47. The number of quaternary nitrogens is 1. The molecule has 3 N–H and O–H groups in total. The number of anilines is 1. The molecule has 1 saturated heterocycles. The van der Waals surface area contributed by atoms with Gasteiger partial charge in [-0.25, -0.2) is 4.98 Å². The van der Waals surface area contributed by atoms with Gasteiger partial charge in [0.2, 0.25) is 0 Å². The summed E-state index contributed by atoms with van der Waals surface area (Å²) in [5.41, 5.74) is 0. The molecule has 98 valence electrons. The fourth-order valence-corrected chi connectivity index (χ4v) is 2.45. The summed E-state index contributed by atoms with van der Waals surface area (Å²) in [7, 11) is 1.70. The Kier molecular flexibility index (Phi) is 4.15. The first-order chi connectivity index (χ1) is 8.72. The first kappa shape index (κ1) is 12.8. The smallest absolute Gasteiger partial charge is 0.277 e. The number of pyridine rings is 1. The summed E-state index contributed by atoms with van der Waals surface area (Å²) in [5, 5.41) is 2.73. The number of nitrogens with one attached hydrogen (secondary N) is 3. The van der Waals surface area contributed by atoms with Crippen molar-refractivity contribution < 1.29 is 14.7 Å². The van der Waals surface area contributed by atoms with E-state index in [2.05, 4.69) is 21.3 Å². The van der Waals surface area contributed by atoms with Crippen LogP contribution in [-0.2, 0) is 4.79 Å². The van der Waals surface area contributed by atoms with Crippen molar-refractivity contribution in [2.24, 2.45) is 0 Å². The minimum atomic E-state index is 0.0388. The first-order valence-electron chi connectivity index (χ1n) is 6.50.